The summed E-state index contributed by atoms with van der Waals surface area (Å²) in [5, 5.41) is 7.73. The fraction of sp³-hybridized carbons (Fsp3) is 0.444. The normalized spacial score (nSPS) is 15.3. The van der Waals surface area contributed by atoms with Gasteiger partial charge in [0.15, 0.2) is 0 Å². The molecule has 0 unspecified atom stereocenters. The molecule has 4 rings (SSSR count). The van der Waals surface area contributed by atoms with Crippen LogP contribution in [0.4, 0.5) is 10.5 Å². The zero-order valence-corrected chi connectivity index (χ0v) is 19.5. The van der Waals surface area contributed by atoms with Gasteiger partial charge in [0, 0.05) is 41.8 Å². The van der Waals surface area contributed by atoms with Gasteiger partial charge < -0.3 is 15.2 Å². The Balaban J connectivity index is 1.55. The molecule has 0 aliphatic heterocycles. The van der Waals surface area contributed by atoms with Gasteiger partial charge in [-0.2, -0.15) is 0 Å². The molecule has 1 heterocycles. The lowest BCUT2D eigenvalue weighted by Crippen LogP contribution is -2.46. The van der Waals surface area contributed by atoms with Gasteiger partial charge in [-0.15, -0.1) is 0 Å². The van der Waals surface area contributed by atoms with Crippen LogP contribution >= 0.6 is 0 Å². The Morgan fingerprint density at radius 1 is 1.00 bits per heavy atom. The maximum atomic E-state index is 13.0. The van der Waals surface area contributed by atoms with Gasteiger partial charge in [-0.1, -0.05) is 70.5 Å². The monoisotopic (exact) mass is 417 g/mol. The van der Waals surface area contributed by atoms with Crippen LogP contribution in [0.3, 0.4) is 0 Å². The maximum absolute atomic E-state index is 13.0. The van der Waals surface area contributed by atoms with Crippen molar-refractivity contribution < 1.29 is 4.79 Å². The molecule has 0 bridgehead atoms. The van der Waals surface area contributed by atoms with Crippen molar-refractivity contribution in [1.29, 1.82) is 0 Å². The van der Waals surface area contributed by atoms with Crippen LogP contribution in [0.5, 0.6) is 0 Å². The first-order chi connectivity index (χ1) is 14.8. The van der Waals surface area contributed by atoms with Crippen LogP contribution in [-0.4, -0.2) is 17.1 Å². The molecular formula is C27H35N3O. The first-order valence-corrected chi connectivity index (χ1v) is 11.5. The van der Waals surface area contributed by atoms with Crippen LogP contribution in [0, 0.1) is 0 Å². The van der Waals surface area contributed by atoms with E-state index >= 15 is 0 Å². The Morgan fingerprint density at radius 3 is 2.23 bits per heavy atom. The van der Waals surface area contributed by atoms with Crippen molar-refractivity contribution in [2.24, 2.45) is 7.05 Å². The van der Waals surface area contributed by atoms with E-state index in [4.69, 9.17) is 0 Å². The number of nitrogens with one attached hydrogen (secondary N) is 2. The molecule has 0 atom stereocenters. The molecule has 1 fully saturated rings. The summed E-state index contributed by atoms with van der Waals surface area (Å²) in [6, 6.07) is 14.8. The van der Waals surface area contributed by atoms with Crippen molar-refractivity contribution in [3.05, 3.63) is 65.4 Å². The van der Waals surface area contributed by atoms with Gasteiger partial charge in [0.25, 0.3) is 0 Å². The highest BCUT2D eigenvalue weighted by Crippen LogP contribution is 2.46. The highest BCUT2D eigenvalue weighted by atomic mass is 16.2. The Bertz CT molecular complexity index is 1060. The van der Waals surface area contributed by atoms with E-state index in [-0.39, 0.29) is 11.4 Å². The number of aromatic nitrogens is 1. The van der Waals surface area contributed by atoms with Gasteiger partial charge in [0.1, 0.15) is 0 Å². The Hall–Kier alpha value is -2.75. The summed E-state index contributed by atoms with van der Waals surface area (Å²) in [6.07, 6.45) is 5.69. The lowest BCUT2D eigenvalue weighted by Gasteiger charge is -2.42. The van der Waals surface area contributed by atoms with Crippen molar-refractivity contribution in [3.8, 4) is 0 Å². The molecule has 0 saturated heterocycles. The van der Waals surface area contributed by atoms with E-state index in [2.05, 4.69) is 98.6 Å². The third-order valence-electron chi connectivity index (χ3n) is 6.98. The van der Waals surface area contributed by atoms with Crippen LogP contribution in [0.25, 0.3) is 10.9 Å². The molecule has 1 aliphatic carbocycles. The van der Waals surface area contributed by atoms with Crippen LogP contribution in [-0.2, 0) is 12.5 Å². The fourth-order valence-corrected chi connectivity index (χ4v) is 5.01. The van der Waals surface area contributed by atoms with Crippen molar-refractivity contribution in [3.63, 3.8) is 0 Å². The molecule has 2 amide bonds. The largest absolute Gasteiger partial charge is 0.350 e. The second kappa shape index (κ2) is 8.41. The van der Waals surface area contributed by atoms with Gasteiger partial charge >= 0.3 is 6.03 Å². The summed E-state index contributed by atoms with van der Waals surface area (Å²) in [4.78, 5) is 13.0. The second-order valence-corrected chi connectivity index (χ2v) is 9.73. The molecule has 1 aliphatic rings. The summed E-state index contributed by atoms with van der Waals surface area (Å²) in [5.41, 5.74) is 5.99. The van der Waals surface area contributed by atoms with Crippen LogP contribution in [0.2, 0.25) is 0 Å². The number of nitrogens with zero attached hydrogens (tertiary/aromatic N) is 1. The average Bonchev–Trinajstić information content (AvgIpc) is 3.04. The average molecular weight is 418 g/mol. The van der Waals surface area contributed by atoms with Crippen molar-refractivity contribution in [2.45, 2.75) is 64.2 Å². The van der Waals surface area contributed by atoms with E-state index in [9.17, 15) is 4.79 Å². The molecule has 164 valence electrons. The smallest absolute Gasteiger partial charge is 0.319 e. The molecule has 0 spiro atoms. The molecule has 2 N–H and O–H groups in total. The number of carbonyl (C=O) groups excluding carboxylic acids is 1. The van der Waals surface area contributed by atoms with Crippen LogP contribution < -0.4 is 10.6 Å². The van der Waals surface area contributed by atoms with E-state index in [1.165, 1.54) is 34.0 Å². The number of aryl methyl sites for hydroxylation is 1. The number of urea groups is 1. The number of fused-ring (bicyclic) bond motifs is 1. The van der Waals surface area contributed by atoms with Crippen molar-refractivity contribution in [1.82, 2.24) is 9.88 Å². The second-order valence-electron chi connectivity index (χ2n) is 9.73. The number of carbonyl (C=O) groups is 1. The third kappa shape index (κ3) is 3.96. The quantitative estimate of drug-likeness (QED) is 0.462. The van der Waals surface area contributed by atoms with Crippen molar-refractivity contribution >= 4 is 22.6 Å². The van der Waals surface area contributed by atoms with E-state index in [0.717, 1.165) is 18.5 Å². The number of benzene rings is 2. The molecule has 3 aromatic rings. The zero-order valence-electron chi connectivity index (χ0n) is 19.5. The summed E-state index contributed by atoms with van der Waals surface area (Å²) in [5.74, 6) is 0.699. The first-order valence-electron chi connectivity index (χ1n) is 11.5. The summed E-state index contributed by atoms with van der Waals surface area (Å²) < 4.78 is 2.21. The first kappa shape index (κ1) is 21.5. The zero-order chi connectivity index (χ0) is 22.2. The number of hydrogen-bond donors (Lipinski definition) is 2. The topological polar surface area (TPSA) is 46.1 Å². The number of amides is 2. The summed E-state index contributed by atoms with van der Waals surface area (Å²) in [7, 11) is 2.11. The molecule has 31 heavy (non-hydrogen) atoms. The molecule has 0 radical (unpaired) electrons. The predicted molar refractivity (Wildman–Crippen MR) is 130 cm³/mol. The van der Waals surface area contributed by atoms with Gasteiger partial charge in [-0.3, -0.25) is 0 Å². The molecule has 4 heteroatoms. The SMILES string of the molecule is CC(C)c1cccc(C(C)C)c1NC(=O)NCC1(c2cn(C)c3ccccc23)CCC1. The Labute approximate surface area is 186 Å². The number of hydrogen-bond acceptors (Lipinski definition) is 1. The number of rotatable bonds is 6. The van der Waals surface area contributed by atoms with Crippen LogP contribution in [0.15, 0.2) is 48.7 Å². The standard InChI is InChI=1S/C27H35N3O/c1-18(2)20-11-8-12-21(19(3)4)25(20)29-26(31)28-17-27(14-9-15-27)23-16-30(5)24-13-7-6-10-22(23)24/h6-8,10-13,16,18-19H,9,14-15,17H2,1-5H3,(H2,28,29,31). The molecular weight excluding hydrogens is 382 g/mol. The minimum atomic E-state index is -0.110. The highest BCUT2D eigenvalue weighted by molar-refractivity contribution is 5.92. The Kier molecular flexibility index (Phi) is 5.83. The maximum Gasteiger partial charge on any atom is 0.319 e. The lowest BCUT2D eigenvalue weighted by atomic mass is 9.64. The minimum absolute atomic E-state index is 0.0245. The molecule has 1 saturated carbocycles. The molecule has 4 nitrogen and oxygen atoms in total. The molecule has 1 aromatic heterocycles. The third-order valence-corrected chi connectivity index (χ3v) is 6.98. The predicted octanol–water partition coefficient (Wildman–Crippen LogP) is 6.67. The van der Waals surface area contributed by atoms with E-state index in [0.29, 0.717) is 18.4 Å². The van der Waals surface area contributed by atoms with Crippen LogP contribution in [0.1, 0.15) is 75.5 Å². The van der Waals surface area contributed by atoms with E-state index < -0.39 is 0 Å². The summed E-state index contributed by atoms with van der Waals surface area (Å²) >= 11 is 0. The van der Waals surface area contributed by atoms with Crippen molar-refractivity contribution in [2.75, 3.05) is 11.9 Å². The van der Waals surface area contributed by atoms with Gasteiger partial charge in [0.05, 0.1) is 0 Å². The van der Waals surface area contributed by atoms with Gasteiger partial charge in [-0.25, -0.2) is 4.79 Å². The van der Waals surface area contributed by atoms with E-state index in [1.54, 1.807) is 0 Å². The summed E-state index contributed by atoms with van der Waals surface area (Å²) in [6.45, 7) is 9.35. The van der Waals surface area contributed by atoms with Gasteiger partial charge in [0.2, 0.25) is 0 Å². The minimum Gasteiger partial charge on any atom is -0.350 e. The van der Waals surface area contributed by atoms with E-state index in [1.807, 2.05) is 0 Å². The Morgan fingerprint density at radius 2 is 1.65 bits per heavy atom. The highest BCUT2D eigenvalue weighted by Gasteiger charge is 2.41. The molecule has 2 aromatic carbocycles. The fourth-order valence-electron chi connectivity index (χ4n) is 5.01. The number of para-hydroxylation sites is 2. The number of anilines is 1. The van der Waals surface area contributed by atoms with Gasteiger partial charge in [-0.05, 0) is 47.4 Å². The lowest BCUT2D eigenvalue weighted by molar-refractivity contribution is 0.223.